The monoisotopic (exact) mass is 572 g/mol. The number of benzene rings is 2. The average Bonchev–Trinajstić information content (AvgIpc) is 2.95. The van der Waals surface area contributed by atoms with Gasteiger partial charge >= 0.3 is 6.03 Å². The number of hydrogen-bond acceptors (Lipinski definition) is 6. The fraction of sp³-hybridized carbons (Fsp3) is 0.517. The molecular weight excluding hydrogens is 532 g/mol. The molecule has 3 amide bonds. The summed E-state index contributed by atoms with van der Waals surface area (Å²) in [5, 5.41) is 13.0. The number of anilines is 1. The molecule has 40 heavy (non-hydrogen) atoms. The molecule has 1 saturated carbocycles. The first-order chi connectivity index (χ1) is 19.1. The number of hydrogen-bond donors (Lipinski definition) is 3. The molecule has 11 heteroatoms. The lowest BCUT2D eigenvalue weighted by atomic mass is 9.96. The van der Waals surface area contributed by atoms with Gasteiger partial charge < -0.3 is 25.0 Å². The minimum Gasteiger partial charge on any atom is -0.487 e. The fourth-order valence-corrected chi connectivity index (χ4v) is 6.27. The van der Waals surface area contributed by atoms with Gasteiger partial charge in [0, 0.05) is 31.2 Å². The van der Waals surface area contributed by atoms with Crippen LogP contribution in [0.15, 0.2) is 53.4 Å². The van der Waals surface area contributed by atoms with Gasteiger partial charge in [-0.25, -0.2) is 13.2 Å². The molecule has 0 spiro atoms. The van der Waals surface area contributed by atoms with Gasteiger partial charge in [0.1, 0.15) is 11.9 Å². The zero-order valence-electron chi connectivity index (χ0n) is 23.4. The van der Waals surface area contributed by atoms with Gasteiger partial charge in [-0.15, -0.1) is 0 Å². The number of sulfonamides is 1. The molecule has 0 radical (unpaired) electrons. The molecular formula is C29H40N4O6S. The van der Waals surface area contributed by atoms with Gasteiger partial charge in [0.15, 0.2) is 0 Å². The fourth-order valence-electron chi connectivity index (χ4n) is 5.20. The van der Waals surface area contributed by atoms with E-state index >= 15 is 0 Å². The van der Waals surface area contributed by atoms with Crippen molar-refractivity contribution in [2.45, 2.75) is 69.0 Å². The van der Waals surface area contributed by atoms with Crippen LogP contribution in [-0.2, 0) is 10.0 Å². The summed E-state index contributed by atoms with van der Waals surface area (Å²) in [5.74, 6) is -0.237. The highest BCUT2D eigenvalue weighted by Gasteiger charge is 2.34. The Morgan fingerprint density at radius 2 is 1.85 bits per heavy atom. The van der Waals surface area contributed by atoms with Crippen LogP contribution in [0.2, 0.25) is 0 Å². The molecule has 3 atom stereocenters. The number of amides is 3. The van der Waals surface area contributed by atoms with Crippen LogP contribution in [-0.4, -0.2) is 80.2 Å². The Balaban J connectivity index is 1.59. The SMILES string of the molecule is C[C@@H]1CN([C@@H](C)CO)C(=O)c2cc(NS(=O)(=O)c3ccccc3)ccc2O[C@@H]1CN(C)C(=O)NC1CCCCC1. The lowest BCUT2D eigenvalue weighted by Gasteiger charge is -2.38. The Morgan fingerprint density at radius 3 is 2.52 bits per heavy atom. The number of rotatable bonds is 8. The molecule has 1 aliphatic carbocycles. The van der Waals surface area contributed by atoms with Crippen molar-refractivity contribution in [3.63, 3.8) is 0 Å². The van der Waals surface area contributed by atoms with Crippen molar-refractivity contribution >= 4 is 27.6 Å². The molecule has 4 rings (SSSR count). The van der Waals surface area contributed by atoms with Crippen molar-refractivity contribution in [1.82, 2.24) is 15.1 Å². The van der Waals surface area contributed by atoms with E-state index in [9.17, 15) is 23.1 Å². The molecule has 1 fully saturated rings. The quantitative estimate of drug-likeness (QED) is 0.443. The molecule has 0 bridgehead atoms. The van der Waals surface area contributed by atoms with Crippen LogP contribution in [0.25, 0.3) is 0 Å². The van der Waals surface area contributed by atoms with Gasteiger partial charge in [-0.1, -0.05) is 44.4 Å². The third kappa shape index (κ3) is 7.06. The number of ether oxygens (including phenoxy) is 1. The molecule has 2 aliphatic rings. The molecule has 2 aromatic rings. The Hall–Kier alpha value is -3.31. The predicted molar refractivity (Wildman–Crippen MR) is 153 cm³/mol. The van der Waals surface area contributed by atoms with Crippen molar-refractivity contribution in [2.24, 2.45) is 5.92 Å². The third-order valence-corrected chi connectivity index (χ3v) is 9.10. The number of nitrogens with one attached hydrogen (secondary N) is 2. The number of urea groups is 1. The van der Waals surface area contributed by atoms with Crippen LogP contribution in [0, 0.1) is 5.92 Å². The summed E-state index contributed by atoms with van der Waals surface area (Å²) in [4.78, 5) is 29.9. The Labute approximate surface area is 236 Å². The average molecular weight is 573 g/mol. The van der Waals surface area contributed by atoms with E-state index < -0.39 is 22.2 Å². The summed E-state index contributed by atoms with van der Waals surface area (Å²) in [7, 11) is -2.14. The van der Waals surface area contributed by atoms with Crippen LogP contribution in [0.3, 0.4) is 0 Å². The maximum Gasteiger partial charge on any atom is 0.317 e. The molecule has 1 aliphatic heterocycles. The van der Waals surface area contributed by atoms with Crippen molar-refractivity contribution in [3.8, 4) is 5.75 Å². The smallest absolute Gasteiger partial charge is 0.317 e. The molecule has 10 nitrogen and oxygen atoms in total. The second-order valence-corrected chi connectivity index (χ2v) is 12.6. The number of nitrogens with zero attached hydrogens (tertiary/aromatic N) is 2. The third-order valence-electron chi connectivity index (χ3n) is 7.70. The van der Waals surface area contributed by atoms with Crippen LogP contribution in [0.5, 0.6) is 5.75 Å². The summed E-state index contributed by atoms with van der Waals surface area (Å²) < 4.78 is 34.7. The van der Waals surface area contributed by atoms with E-state index in [1.807, 2.05) is 6.92 Å². The number of likely N-dealkylation sites (N-methyl/N-ethyl adjacent to an activating group) is 1. The maximum absolute atomic E-state index is 13.7. The first-order valence-corrected chi connectivity index (χ1v) is 15.4. The van der Waals surface area contributed by atoms with E-state index in [-0.39, 0.29) is 53.2 Å². The highest BCUT2D eigenvalue weighted by molar-refractivity contribution is 7.92. The van der Waals surface area contributed by atoms with Crippen LogP contribution >= 0.6 is 0 Å². The summed E-state index contributed by atoms with van der Waals surface area (Å²) in [6, 6.07) is 12.1. The van der Waals surface area contributed by atoms with Crippen molar-refractivity contribution in [3.05, 3.63) is 54.1 Å². The summed E-state index contributed by atoms with van der Waals surface area (Å²) in [6.07, 6.45) is 4.95. The summed E-state index contributed by atoms with van der Waals surface area (Å²) in [6.45, 7) is 4.06. The van der Waals surface area contributed by atoms with Gasteiger partial charge in [0.05, 0.1) is 29.7 Å². The highest BCUT2D eigenvalue weighted by atomic mass is 32.2. The van der Waals surface area contributed by atoms with E-state index in [0.717, 1.165) is 25.7 Å². The number of aliphatic hydroxyl groups excluding tert-OH is 1. The summed E-state index contributed by atoms with van der Waals surface area (Å²) >= 11 is 0. The second kappa shape index (κ2) is 12.9. The standard InChI is InChI=1S/C29H40N4O6S/c1-20-17-33(21(2)19-34)28(35)25-16-23(31-40(37,38)24-12-8-5-9-13-24)14-15-26(25)39-27(20)18-32(3)29(36)30-22-10-6-4-7-11-22/h5,8-9,12-16,20-22,27,31,34H,4,6-7,10-11,17-19H2,1-3H3,(H,30,36)/t20-,21+,27-/m1/s1. The van der Waals surface area contributed by atoms with Crippen LogP contribution in [0.1, 0.15) is 56.3 Å². The number of fused-ring (bicyclic) bond motifs is 1. The van der Waals surface area contributed by atoms with Crippen LogP contribution < -0.4 is 14.8 Å². The molecule has 3 N–H and O–H groups in total. The Kier molecular flexibility index (Phi) is 9.57. The molecule has 0 saturated heterocycles. The molecule has 2 aromatic carbocycles. The zero-order chi connectivity index (χ0) is 28.9. The number of carbonyl (C=O) groups is 2. The Bertz CT molecular complexity index is 1280. The van der Waals surface area contributed by atoms with Crippen molar-refractivity contribution in [2.75, 3.05) is 31.5 Å². The molecule has 0 aromatic heterocycles. The molecule has 1 heterocycles. The van der Waals surface area contributed by atoms with Crippen molar-refractivity contribution < 1.29 is 27.9 Å². The van der Waals surface area contributed by atoms with Gasteiger partial charge in [-0.3, -0.25) is 9.52 Å². The number of aliphatic hydroxyl groups is 1. The van der Waals surface area contributed by atoms with Crippen LogP contribution in [0.4, 0.5) is 10.5 Å². The normalized spacial score (nSPS) is 20.9. The first kappa shape index (κ1) is 29.7. The van der Waals surface area contributed by atoms with E-state index in [4.69, 9.17) is 4.74 Å². The topological polar surface area (TPSA) is 128 Å². The van der Waals surface area contributed by atoms with Crippen molar-refractivity contribution in [1.29, 1.82) is 0 Å². The van der Waals surface area contributed by atoms with E-state index in [1.165, 1.54) is 24.6 Å². The number of carbonyl (C=O) groups excluding carboxylic acids is 2. The lowest BCUT2D eigenvalue weighted by molar-refractivity contribution is 0.0366. The van der Waals surface area contributed by atoms with Gasteiger partial charge in [0.25, 0.3) is 15.9 Å². The largest absolute Gasteiger partial charge is 0.487 e. The van der Waals surface area contributed by atoms with Gasteiger partial charge in [-0.2, -0.15) is 0 Å². The maximum atomic E-state index is 13.7. The van der Waals surface area contributed by atoms with E-state index in [2.05, 4.69) is 10.0 Å². The Morgan fingerprint density at radius 1 is 1.15 bits per heavy atom. The van der Waals surface area contributed by atoms with E-state index in [1.54, 1.807) is 54.1 Å². The summed E-state index contributed by atoms with van der Waals surface area (Å²) in [5.41, 5.74) is 0.394. The predicted octanol–water partition coefficient (Wildman–Crippen LogP) is 3.68. The van der Waals surface area contributed by atoms with E-state index in [0.29, 0.717) is 12.3 Å². The van der Waals surface area contributed by atoms with Gasteiger partial charge in [0.2, 0.25) is 0 Å². The molecule has 218 valence electrons. The lowest BCUT2D eigenvalue weighted by Crippen LogP contribution is -2.52. The first-order valence-electron chi connectivity index (χ1n) is 13.9. The minimum absolute atomic E-state index is 0.100. The minimum atomic E-state index is -3.87. The zero-order valence-corrected chi connectivity index (χ0v) is 24.2. The second-order valence-electron chi connectivity index (χ2n) is 10.9. The van der Waals surface area contributed by atoms with Gasteiger partial charge in [-0.05, 0) is 50.1 Å². The highest BCUT2D eigenvalue weighted by Crippen LogP contribution is 2.31. The molecule has 0 unspecified atom stereocenters.